The van der Waals surface area contributed by atoms with E-state index in [0.717, 1.165) is 5.56 Å². The molecule has 0 unspecified atom stereocenters. The molecule has 1 saturated heterocycles. The van der Waals surface area contributed by atoms with E-state index in [9.17, 15) is 14.4 Å². The monoisotopic (exact) mass is 421 g/mol. The molecule has 0 bridgehead atoms. The highest BCUT2D eigenvalue weighted by molar-refractivity contribution is 6.02. The molecular formula is C22H23N5O4. The minimum absolute atomic E-state index is 0.0120. The van der Waals surface area contributed by atoms with Gasteiger partial charge in [-0.15, -0.1) is 0 Å². The summed E-state index contributed by atoms with van der Waals surface area (Å²) in [6.45, 7) is 3.56. The SMILES string of the molecule is Cc1ccc(CN2CCN(C(=O)Cn3cc(NC(=O)c4ccco4)cn3)CC2=O)cc1. The maximum absolute atomic E-state index is 12.6. The molecule has 1 fully saturated rings. The van der Waals surface area contributed by atoms with Crippen LogP contribution in [0.2, 0.25) is 0 Å². The number of carbonyl (C=O) groups is 3. The fraction of sp³-hybridized carbons (Fsp3) is 0.273. The van der Waals surface area contributed by atoms with Gasteiger partial charge in [-0.25, -0.2) is 0 Å². The van der Waals surface area contributed by atoms with E-state index in [2.05, 4.69) is 10.4 Å². The first kappa shape index (κ1) is 20.4. The second-order valence-corrected chi connectivity index (χ2v) is 7.47. The van der Waals surface area contributed by atoms with Gasteiger partial charge < -0.3 is 19.5 Å². The van der Waals surface area contributed by atoms with Gasteiger partial charge in [0.1, 0.15) is 6.54 Å². The summed E-state index contributed by atoms with van der Waals surface area (Å²) in [6, 6.07) is 11.3. The Morgan fingerprint density at radius 2 is 1.97 bits per heavy atom. The highest BCUT2D eigenvalue weighted by atomic mass is 16.3. The summed E-state index contributed by atoms with van der Waals surface area (Å²) in [6.07, 6.45) is 4.44. The average Bonchev–Trinajstić information content (AvgIpc) is 3.43. The normalized spacial score (nSPS) is 14.0. The van der Waals surface area contributed by atoms with Gasteiger partial charge in [0, 0.05) is 25.8 Å². The summed E-state index contributed by atoms with van der Waals surface area (Å²) in [7, 11) is 0. The smallest absolute Gasteiger partial charge is 0.291 e. The molecule has 1 aliphatic heterocycles. The molecule has 3 heterocycles. The molecule has 9 heteroatoms. The van der Waals surface area contributed by atoms with Gasteiger partial charge in [0.2, 0.25) is 11.8 Å². The first-order chi connectivity index (χ1) is 15.0. The highest BCUT2D eigenvalue weighted by Crippen LogP contribution is 2.13. The quantitative estimate of drug-likeness (QED) is 0.655. The van der Waals surface area contributed by atoms with E-state index < -0.39 is 5.91 Å². The predicted molar refractivity (Wildman–Crippen MR) is 112 cm³/mol. The number of hydrogen-bond acceptors (Lipinski definition) is 5. The summed E-state index contributed by atoms with van der Waals surface area (Å²) in [4.78, 5) is 40.5. The van der Waals surface area contributed by atoms with Crippen molar-refractivity contribution < 1.29 is 18.8 Å². The first-order valence-corrected chi connectivity index (χ1v) is 9.96. The Bertz CT molecular complexity index is 1070. The number of nitrogens with one attached hydrogen (secondary N) is 1. The van der Waals surface area contributed by atoms with Crippen molar-refractivity contribution in [2.45, 2.75) is 20.0 Å². The third-order valence-corrected chi connectivity index (χ3v) is 5.10. The van der Waals surface area contributed by atoms with Crippen LogP contribution in [-0.4, -0.2) is 56.9 Å². The number of nitrogens with zero attached hydrogens (tertiary/aromatic N) is 4. The van der Waals surface area contributed by atoms with Crippen LogP contribution in [0.15, 0.2) is 59.5 Å². The molecule has 0 atom stereocenters. The van der Waals surface area contributed by atoms with Gasteiger partial charge in [0.05, 0.1) is 24.7 Å². The van der Waals surface area contributed by atoms with Crippen LogP contribution in [0.4, 0.5) is 5.69 Å². The molecule has 0 aliphatic carbocycles. The molecular weight excluding hydrogens is 398 g/mol. The largest absolute Gasteiger partial charge is 0.459 e. The van der Waals surface area contributed by atoms with E-state index in [1.54, 1.807) is 23.2 Å². The van der Waals surface area contributed by atoms with Crippen LogP contribution in [0.3, 0.4) is 0 Å². The third-order valence-electron chi connectivity index (χ3n) is 5.10. The lowest BCUT2D eigenvalue weighted by Crippen LogP contribution is -2.52. The number of piperazine rings is 1. The average molecular weight is 421 g/mol. The van der Waals surface area contributed by atoms with Crippen LogP contribution in [0.25, 0.3) is 0 Å². The van der Waals surface area contributed by atoms with E-state index in [0.29, 0.717) is 25.3 Å². The number of rotatable bonds is 6. The Balaban J connectivity index is 1.29. The Labute approximate surface area is 179 Å². The summed E-state index contributed by atoms with van der Waals surface area (Å²) in [5, 5.41) is 6.77. The van der Waals surface area contributed by atoms with E-state index in [1.807, 2.05) is 31.2 Å². The van der Waals surface area contributed by atoms with Gasteiger partial charge in [0.15, 0.2) is 5.76 Å². The Morgan fingerprint density at radius 1 is 1.16 bits per heavy atom. The van der Waals surface area contributed by atoms with Crippen molar-refractivity contribution in [3.8, 4) is 0 Å². The van der Waals surface area contributed by atoms with Gasteiger partial charge >= 0.3 is 0 Å². The highest BCUT2D eigenvalue weighted by Gasteiger charge is 2.27. The molecule has 160 valence electrons. The van der Waals surface area contributed by atoms with Crippen LogP contribution in [0.5, 0.6) is 0 Å². The molecule has 1 N–H and O–H groups in total. The van der Waals surface area contributed by atoms with Crippen LogP contribution >= 0.6 is 0 Å². The molecule has 1 aromatic carbocycles. The lowest BCUT2D eigenvalue weighted by atomic mass is 10.1. The van der Waals surface area contributed by atoms with Gasteiger partial charge in [-0.1, -0.05) is 29.8 Å². The van der Waals surface area contributed by atoms with Gasteiger partial charge in [-0.05, 0) is 24.6 Å². The van der Waals surface area contributed by atoms with Crippen molar-refractivity contribution in [3.05, 3.63) is 71.9 Å². The maximum atomic E-state index is 12.6. The molecule has 2 aromatic heterocycles. The summed E-state index contributed by atoms with van der Waals surface area (Å²) in [5.41, 5.74) is 2.69. The molecule has 3 aromatic rings. The van der Waals surface area contributed by atoms with Crippen molar-refractivity contribution in [2.24, 2.45) is 0 Å². The van der Waals surface area contributed by atoms with Gasteiger partial charge in [0.25, 0.3) is 5.91 Å². The number of furan rings is 1. The summed E-state index contributed by atoms with van der Waals surface area (Å²) in [5.74, 6) is -0.487. The number of hydrogen-bond donors (Lipinski definition) is 1. The van der Waals surface area contributed by atoms with E-state index in [-0.39, 0.29) is 30.7 Å². The topological polar surface area (TPSA) is 101 Å². The van der Waals surface area contributed by atoms with Crippen LogP contribution in [-0.2, 0) is 22.7 Å². The zero-order chi connectivity index (χ0) is 21.8. The molecule has 9 nitrogen and oxygen atoms in total. The van der Waals surface area contributed by atoms with E-state index >= 15 is 0 Å². The number of aromatic nitrogens is 2. The van der Waals surface area contributed by atoms with Crippen molar-refractivity contribution in [2.75, 3.05) is 25.0 Å². The van der Waals surface area contributed by atoms with Crippen molar-refractivity contribution in [3.63, 3.8) is 0 Å². The Hall–Kier alpha value is -3.88. The minimum Gasteiger partial charge on any atom is -0.459 e. The van der Waals surface area contributed by atoms with Crippen molar-refractivity contribution >= 4 is 23.4 Å². The molecule has 0 radical (unpaired) electrons. The fourth-order valence-electron chi connectivity index (χ4n) is 3.36. The standard InChI is InChI=1S/C22H23N5O4/c1-16-4-6-17(7-5-16)12-25-8-9-26(14-20(25)28)21(29)15-27-13-18(11-23-27)24-22(30)19-3-2-10-31-19/h2-7,10-11,13H,8-9,12,14-15H2,1H3,(H,24,30). The Kier molecular flexibility index (Phi) is 5.83. The van der Waals surface area contributed by atoms with Crippen LogP contribution in [0, 0.1) is 6.92 Å². The number of benzene rings is 1. The van der Waals surface area contributed by atoms with Crippen LogP contribution < -0.4 is 5.32 Å². The lowest BCUT2D eigenvalue weighted by Gasteiger charge is -2.34. The van der Waals surface area contributed by atoms with E-state index in [1.165, 1.54) is 27.6 Å². The molecule has 0 saturated carbocycles. The van der Waals surface area contributed by atoms with E-state index in [4.69, 9.17) is 4.42 Å². The lowest BCUT2D eigenvalue weighted by molar-refractivity contribution is -0.146. The maximum Gasteiger partial charge on any atom is 0.291 e. The van der Waals surface area contributed by atoms with Gasteiger partial charge in [-0.3, -0.25) is 19.1 Å². The zero-order valence-electron chi connectivity index (χ0n) is 17.2. The summed E-state index contributed by atoms with van der Waals surface area (Å²) < 4.78 is 6.48. The number of anilines is 1. The summed E-state index contributed by atoms with van der Waals surface area (Å²) >= 11 is 0. The molecule has 3 amide bonds. The zero-order valence-corrected chi connectivity index (χ0v) is 17.2. The number of carbonyl (C=O) groups excluding carboxylic acids is 3. The number of aryl methyl sites for hydroxylation is 1. The second-order valence-electron chi connectivity index (χ2n) is 7.47. The minimum atomic E-state index is -0.397. The number of amides is 3. The molecule has 1 aliphatic rings. The molecule has 4 rings (SSSR count). The second kappa shape index (κ2) is 8.86. The van der Waals surface area contributed by atoms with Crippen molar-refractivity contribution in [1.82, 2.24) is 19.6 Å². The van der Waals surface area contributed by atoms with Crippen LogP contribution in [0.1, 0.15) is 21.7 Å². The van der Waals surface area contributed by atoms with Crippen molar-refractivity contribution in [1.29, 1.82) is 0 Å². The Morgan fingerprint density at radius 3 is 2.68 bits per heavy atom. The molecule has 31 heavy (non-hydrogen) atoms. The third kappa shape index (κ3) is 5.00. The molecule has 0 spiro atoms. The van der Waals surface area contributed by atoms with Gasteiger partial charge in [-0.2, -0.15) is 5.10 Å². The fourth-order valence-corrected chi connectivity index (χ4v) is 3.36. The first-order valence-electron chi connectivity index (χ1n) is 9.96. The predicted octanol–water partition coefficient (Wildman–Crippen LogP) is 1.91.